The molecule has 0 atom stereocenters. The van der Waals surface area contributed by atoms with Gasteiger partial charge in [0.05, 0.1) is 30.9 Å². The molecule has 1 aliphatic heterocycles. The van der Waals surface area contributed by atoms with Crippen molar-refractivity contribution in [1.82, 2.24) is 9.27 Å². The fraction of sp³-hybridized carbons (Fsp3) is 0.412. The lowest BCUT2D eigenvalue weighted by atomic mass is 10.1. The van der Waals surface area contributed by atoms with Gasteiger partial charge in [-0.05, 0) is 44.4 Å². The van der Waals surface area contributed by atoms with Crippen LogP contribution in [0, 0.1) is 6.92 Å². The smallest absolute Gasteiger partial charge is 0.322 e. The Hall–Kier alpha value is -1.99. The van der Waals surface area contributed by atoms with E-state index in [2.05, 4.69) is 9.69 Å². The lowest BCUT2D eigenvalue weighted by Crippen LogP contribution is -2.44. The first-order valence-corrected chi connectivity index (χ1v) is 8.98. The molecule has 0 unspecified atom stereocenters. The number of hydrogen-bond acceptors (Lipinski definition) is 5. The third kappa shape index (κ3) is 3.82. The average molecular weight is 382 g/mol. The van der Waals surface area contributed by atoms with Gasteiger partial charge >= 0.3 is 6.03 Å². The third-order valence-corrected chi connectivity index (χ3v) is 5.32. The van der Waals surface area contributed by atoms with Crippen LogP contribution in [-0.4, -0.2) is 34.6 Å². The van der Waals surface area contributed by atoms with Crippen LogP contribution < -0.4 is 14.8 Å². The molecule has 134 valence electrons. The number of nitrogens with one attached hydrogen (secondary N) is 1. The lowest BCUT2D eigenvalue weighted by molar-refractivity contribution is 0.0833. The monoisotopic (exact) mass is 381 g/mol. The summed E-state index contributed by atoms with van der Waals surface area (Å²) in [7, 11) is 1.62. The van der Waals surface area contributed by atoms with Crippen LogP contribution in [0.5, 0.6) is 11.5 Å². The summed E-state index contributed by atoms with van der Waals surface area (Å²) in [6.07, 6.45) is 0. The Bertz CT molecular complexity index is 806. The first-order valence-electron chi connectivity index (χ1n) is 7.83. The van der Waals surface area contributed by atoms with Gasteiger partial charge in [-0.3, -0.25) is 5.32 Å². The quantitative estimate of drug-likeness (QED) is 0.841. The van der Waals surface area contributed by atoms with Crippen molar-refractivity contribution in [3.63, 3.8) is 0 Å². The van der Waals surface area contributed by atoms with Gasteiger partial charge in [0.2, 0.25) is 0 Å². The van der Waals surface area contributed by atoms with Gasteiger partial charge in [-0.2, -0.15) is 4.37 Å². The highest BCUT2D eigenvalue weighted by atomic mass is 35.5. The molecule has 0 fully saturated rings. The van der Waals surface area contributed by atoms with E-state index < -0.39 is 5.60 Å². The highest BCUT2D eigenvalue weighted by Gasteiger charge is 2.32. The largest absolute Gasteiger partial charge is 0.497 e. The van der Waals surface area contributed by atoms with Gasteiger partial charge < -0.3 is 14.4 Å². The van der Waals surface area contributed by atoms with E-state index in [-0.39, 0.29) is 6.03 Å². The van der Waals surface area contributed by atoms with Crippen molar-refractivity contribution in [1.29, 1.82) is 0 Å². The topological polar surface area (TPSA) is 63.7 Å². The van der Waals surface area contributed by atoms with Gasteiger partial charge in [0.25, 0.3) is 0 Å². The van der Waals surface area contributed by atoms with Crippen molar-refractivity contribution in [3.05, 3.63) is 34.5 Å². The van der Waals surface area contributed by atoms with E-state index in [0.29, 0.717) is 28.8 Å². The van der Waals surface area contributed by atoms with Gasteiger partial charge in [-0.15, -0.1) is 0 Å². The van der Waals surface area contributed by atoms with Crippen molar-refractivity contribution >= 4 is 34.2 Å². The maximum Gasteiger partial charge on any atom is 0.322 e. The van der Waals surface area contributed by atoms with E-state index in [1.54, 1.807) is 18.9 Å². The molecule has 6 nitrogen and oxygen atoms in total. The number of amides is 2. The Morgan fingerprint density at radius 1 is 1.48 bits per heavy atom. The van der Waals surface area contributed by atoms with Crippen LogP contribution in [0.15, 0.2) is 18.2 Å². The Labute approximate surface area is 155 Å². The molecule has 0 aliphatic carbocycles. The maximum atomic E-state index is 12.8. The number of carbonyl (C=O) groups excluding carboxylic acids is 1. The number of halogens is 1. The number of rotatable bonds is 2. The summed E-state index contributed by atoms with van der Waals surface area (Å²) in [5.74, 6) is 1.45. The van der Waals surface area contributed by atoms with Crippen LogP contribution in [-0.2, 0) is 6.54 Å². The van der Waals surface area contributed by atoms with Crippen LogP contribution in [0.1, 0.15) is 25.1 Å². The zero-order valence-electron chi connectivity index (χ0n) is 14.6. The first-order chi connectivity index (χ1) is 11.8. The molecular weight excluding hydrogens is 362 g/mol. The molecule has 2 amide bonds. The molecule has 0 saturated carbocycles. The third-order valence-electron chi connectivity index (χ3n) is 3.89. The number of hydrogen-bond donors (Lipinski definition) is 1. The van der Waals surface area contributed by atoms with Gasteiger partial charge in [0, 0.05) is 11.6 Å². The number of aromatic nitrogens is 1. The Morgan fingerprint density at radius 2 is 2.24 bits per heavy atom. The number of carbonyl (C=O) groups is 1. The highest BCUT2D eigenvalue weighted by molar-refractivity contribution is 7.11. The molecule has 1 aliphatic rings. The molecule has 2 aromatic rings. The molecule has 0 radical (unpaired) electrons. The van der Waals surface area contributed by atoms with Gasteiger partial charge in [-0.1, -0.05) is 11.6 Å². The number of nitrogens with zero attached hydrogens (tertiary/aromatic N) is 2. The number of methoxy groups -OCH3 is 1. The lowest BCUT2D eigenvalue weighted by Gasteiger charge is -2.29. The van der Waals surface area contributed by atoms with Crippen molar-refractivity contribution in [2.75, 3.05) is 19.0 Å². The molecule has 25 heavy (non-hydrogen) atoms. The van der Waals surface area contributed by atoms with E-state index in [9.17, 15) is 4.79 Å². The van der Waals surface area contributed by atoms with Crippen molar-refractivity contribution in [3.8, 4) is 11.5 Å². The van der Waals surface area contributed by atoms with Gasteiger partial charge in [0.1, 0.15) is 22.1 Å². The summed E-state index contributed by atoms with van der Waals surface area (Å²) in [5.41, 5.74) is 1.09. The normalized spacial score (nSPS) is 15.8. The van der Waals surface area contributed by atoms with E-state index in [1.807, 2.05) is 32.0 Å². The van der Waals surface area contributed by atoms with Gasteiger partial charge in [0.15, 0.2) is 0 Å². The molecule has 0 spiro atoms. The molecule has 1 aromatic heterocycles. The fourth-order valence-corrected chi connectivity index (χ4v) is 3.62. The number of fused-ring (bicyclic) bond motifs is 1. The van der Waals surface area contributed by atoms with Gasteiger partial charge in [-0.25, -0.2) is 4.79 Å². The molecular formula is C17H20ClN3O3S. The molecule has 1 N–H and O–H groups in total. The summed E-state index contributed by atoms with van der Waals surface area (Å²) in [6.45, 7) is 6.58. The average Bonchev–Trinajstić information content (AvgIpc) is 2.79. The van der Waals surface area contributed by atoms with Crippen molar-refractivity contribution < 1.29 is 14.3 Å². The van der Waals surface area contributed by atoms with Crippen molar-refractivity contribution in [2.45, 2.75) is 32.9 Å². The minimum absolute atomic E-state index is 0.231. The van der Waals surface area contributed by atoms with E-state index in [0.717, 1.165) is 17.1 Å². The number of benzene rings is 1. The van der Waals surface area contributed by atoms with E-state index in [1.165, 1.54) is 11.5 Å². The predicted octanol–water partition coefficient (Wildman–Crippen LogP) is 4.32. The fourth-order valence-electron chi connectivity index (χ4n) is 2.69. The molecule has 0 bridgehead atoms. The second-order valence-corrected chi connectivity index (χ2v) is 7.68. The predicted molar refractivity (Wildman–Crippen MR) is 99.0 cm³/mol. The number of ether oxygens (including phenoxy) is 2. The first kappa shape index (κ1) is 17.8. The summed E-state index contributed by atoms with van der Waals surface area (Å²) >= 11 is 7.35. The SMILES string of the molecule is COc1ccc2c(c1)OC(C)(C)CN(C(=O)Nc1snc(C)c1Cl)C2. The second kappa shape index (κ2) is 6.72. The zero-order chi connectivity index (χ0) is 18.2. The van der Waals surface area contributed by atoms with Crippen LogP contribution in [0.4, 0.5) is 9.80 Å². The van der Waals surface area contributed by atoms with Crippen LogP contribution >= 0.6 is 23.1 Å². The number of aryl methyl sites for hydroxylation is 1. The summed E-state index contributed by atoms with van der Waals surface area (Å²) in [4.78, 5) is 14.5. The van der Waals surface area contributed by atoms with Crippen molar-refractivity contribution in [2.24, 2.45) is 0 Å². The highest BCUT2D eigenvalue weighted by Crippen LogP contribution is 2.34. The number of urea groups is 1. The molecule has 8 heteroatoms. The molecule has 3 rings (SSSR count). The van der Waals surface area contributed by atoms with Crippen LogP contribution in [0.3, 0.4) is 0 Å². The molecule has 2 heterocycles. The van der Waals surface area contributed by atoms with E-state index >= 15 is 0 Å². The Morgan fingerprint density at radius 3 is 2.88 bits per heavy atom. The standard InChI is InChI=1S/C17H20ClN3O3S/c1-10-14(18)15(25-20-10)19-16(22)21-8-11-5-6-12(23-4)7-13(11)24-17(2,3)9-21/h5-7H,8-9H2,1-4H3,(H,19,22). The summed E-state index contributed by atoms with van der Waals surface area (Å²) in [5, 5.41) is 3.89. The Balaban J connectivity index is 1.85. The summed E-state index contributed by atoms with van der Waals surface area (Å²) < 4.78 is 15.5. The van der Waals surface area contributed by atoms with Crippen LogP contribution in [0.2, 0.25) is 5.02 Å². The second-order valence-electron chi connectivity index (χ2n) is 6.53. The number of anilines is 1. The maximum absolute atomic E-state index is 12.8. The molecule has 1 aromatic carbocycles. The minimum Gasteiger partial charge on any atom is -0.497 e. The summed E-state index contributed by atoms with van der Waals surface area (Å²) in [6, 6.07) is 5.40. The molecule has 0 saturated heterocycles. The zero-order valence-corrected chi connectivity index (χ0v) is 16.1. The van der Waals surface area contributed by atoms with E-state index in [4.69, 9.17) is 21.1 Å². The Kier molecular flexibility index (Phi) is 4.79. The van der Waals surface area contributed by atoms with Crippen LogP contribution in [0.25, 0.3) is 0 Å². The minimum atomic E-state index is -0.539.